The maximum Gasteiger partial charge on any atom is 0.223 e. The molecule has 6 nitrogen and oxygen atoms in total. The lowest BCUT2D eigenvalue weighted by molar-refractivity contribution is -0.125. The molecule has 1 saturated heterocycles. The van der Waals surface area contributed by atoms with Crippen LogP contribution in [0.15, 0.2) is 12.4 Å². The SMILES string of the molecule is CCC(NC(=O)CC1CNCCO1)c1ncc[nH]1. The molecule has 0 aliphatic carbocycles. The lowest BCUT2D eigenvalue weighted by atomic mass is 10.1. The molecule has 2 atom stereocenters. The van der Waals surface area contributed by atoms with Gasteiger partial charge in [-0.3, -0.25) is 4.79 Å². The number of imidazole rings is 1. The van der Waals surface area contributed by atoms with E-state index < -0.39 is 0 Å². The number of carbonyl (C=O) groups excluding carboxylic acids is 1. The van der Waals surface area contributed by atoms with E-state index in [9.17, 15) is 4.79 Å². The number of ether oxygens (including phenoxy) is 1. The summed E-state index contributed by atoms with van der Waals surface area (Å²) in [5, 5.41) is 6.19. The number of hydrogen-bond donors (Lipinski definition) is 3. The number of hydrogen-bond acceptors (Lipinski definition) is 4. The molecular formula is C12H20N4O2. The molecule has 1 amide bonds. The summed E-state index contributed by atoms with van der Waals surface area (Å²) in [6.45, 7) is 4.30. The third-order valence-electron chi connectivity index (χ3n) is 3.01. The fourth-order valence-corrected chi connectivity index (χ4v) is 2.04. The summed E-state index contributed by atoms with van der Waals surface area (Å²) >= 11 is 0. The second-order valence-corrected chi connectivity index (χ2v) is 4.40. The first kappa shape index (κ1) is 13.0. The van der Waals surface area contributed by atoms with Gasteiger partial charge in [-0.05, 0) is 6.42 Å². The van der Waals surface area contributed by atoms with Gasteiger partial charge in [0.1, 0.15) is 5.82 Å². The topological polar surface area (TPSA) is 79.0 Å². The molecule has 2 rings (SSSR count). The standard InChI is InChI=1S/C12H20N4O2/c1-2-10(12-14-3-4-15-12)16-11(17)7-9-8-13-5-6-18-9/h3-4,9-10,13H,2,5-8H2,1H3,(H,14,15)(H,16,17). The molecule has 1 aliphatic rings. The van der Waals surface area contributed by atoms with Crippen LogP contribution in [-0.2, 0) is 9.53 Å². The number of H-pyrrole nitrogens is 1. The van der Waals surface area contributed by atoms with Crippen molar-refractivity contribution in [3.63, 3.8) is 0 Å². The van der Waals surface area contributed by atoms with Gasteiger partial charge in [0, 0.05) is 25.5 Å². The monoisotopic (exact) mass is 252 g/mol. The maximum atomic E-state index is 11.9. The zero-order valence-corrected chi connectivity index (χ0v) is 10.6. The minimum absolute atomic E-state index is 0.00644. The van der Waals surface area contributed by atoms with Gasteiger partial charge in [0.2, 0.25) is 5.91 Å². The number of amides is 1. The molecule has 0 aromatic carbocycles. The Morgan fingerprint density at radius 2 is 2.61 bits per heavy atom. The van der Waals surface area contributed by atoms with Crippen molar-refractivity contribution in [1.29, 1.82) is 0 Å². The summed E-state index contributed by atoms with van der Waals surface area (Å²) in [6, 6.07) is -0.0518. The molecule has 0 bridgehead atoms. The number of aromatic amines is 1. The third kappa shape index (κ3) is 3.54. The summed E-state index contributed by atoms with van der Waals surface area (Å²) in [6.07, 6.45) is 4.64. The highest BCUT2D eigenvalue weighted by Crippen LogP contribution is 2.12. The molecular weight excluding hydrogens is 232 g/mol. The Balaban J connectivity index is 1.82. The van der Waals surface area contributed by atoms with E-state index in [0.717, 1.165) is 25.3 Å². The van der Waals surface area contributed by atoms with Crippen molar-refractivity contribution in [1.82, 2.24) is 20.6 Å². The Kier molecular flexibility index (Phi) is 4.72. The number of aromatic nitrogens is 2. The minimum Gasteiger partial charge on any atom is -0.375 e. The summed E-state index contributed by atoms with van der Waals surface area (Å²) < 4.78 is 5.51. The van der Waals surface area contributed by atoms with Gasteiger partial charge < -0.3 is 20.4 Å². The third-order valence-corrected chi connectivity index (χ3v) is 3.01. The van der Waals surface area contributed by atoms with Crippen LogP contribution in [0.25, 0.3) is 0 Å². The maximum absolute atomic E-state index is 11.9. The lowest BCUT2D eigenvalue weighted by Gasteiger charge is -2.24. The van der Waals surface area contributed by atoms with Gasteiger partial charge in [-0.15, -0.1) is 0 Å². The van der Waals surface area contributed by atoms with E-state index in [1.54, 1.807) is 12.4 Å². The van der Waals surface area contributed by atoms with Crippen LogP contribution in [0.1, 0.15) is 31.6 Å². The second kappa shape index (κ2) is 6.51. The minimum atomic E-state index is -0.0518. The molecule has 2 unspecified atom stereocenters. The highest BCUT2D eigenvalue weighted by atomic mass is 16.5. The molecule has 2 heterocycles. The van der Waals surface area contributed by atoms with E-state index >= 15 is 0 Å². The van der Waals surface area contributed by atoms with E-state index in [-0.39, 0.29) is 18.1 Å². The fourth-order valence-electron chi connectivity index (χ4n) is 2.04. The van der Waals surface area contributed by atoms with Crippen LogP contribution in [0.4, 0.5) is 0 Å². The van der Waals surface area contributed by atoms with Crippen molar-refractivity contribution in [2.45, 2.75) is 31.9 Å². The highest BCUT2D eigenvalue weighted by Gasteiger charge is 2.20. The van der Waals surface area contributed by atoms with Crippen LogP contribution in [0, 0.1) is 0 Å². The van der Waals surface area contributed by atoms with Crippen molar-refractivity contribution in [3.05, 3.63) is 18.2 Å². The van der Waals surface area contributed by atoms with Gasteiger partial charge in [-0.1, -0.05) is 6.92 Å². The Hall–Kier alpha value is -1.40. The van der Waals surface area contributed by atoms with Gasteiger partial charge in [0.15, 0.2) is 0 Å². The molecule has 0 spiro atoms. The van der Waals surface area contributed by atoms with E-state index in [4.69, 9.17) is 4.74 Å². The Bertz CT molecular complexity index is 360. The van der Waals surface area contributed by atoms with E-state index in [1.807, 2.05) is 6.92 Å². The number of nitrogens with one attached hydrogen (secondary N) is 3. The Morgan fingerprint density at radius 1 is 1.72 bits per heavy atom. The van der Waals surface area contributed by atoms with Gasteiger partial charge in [-0.2, -0.15) is 0 Å². The Morgan fingerprint density at radius 3 is 3.22 bits per heavy atom. The van der Waals surface area contributed by atoms with E-state index in [0.29, 0.717) is 13.0 Å². The molecule has 3 N–H and O–H groups in total. The normalized spacial score (nSPS) is 21.5. The largest absolute Gasteiger partial charge is 0.375 e. The first-order valence-corrected chi connectivity index (χ1v) is 6.40. The van der Waals surface area contributed by atoms with Gasteiger partial charge in [-0.25, -0.2) is 4.98 Å². The van der Waals surface area contributed by atoms with Crippen molar-refractivity contribution in [3.8, 4) is 0 Å². The van der Waals surface area contributed by atoms with Crippen LogP contribution in [0.2, 0.25) is 0 Å². The predicted molar refractivity (Wildman–Crippen MR) is 67.0 cm³/mol. The molecule has 18 heavy (non-hydrogen) atoms. The van der Waals surface area contributed by atoms with Crippen LogP contribution >= 0.6 is 0 Å². The van der Waals surface area contributed by atoms with Crippen molar-refractivity contribution < 1.29 is 9.53 Å². The van der Waals surface area contributed by atoms with E-state index in [1.165, 1.54) is 0 Å². The Labute approximate surface area is 107 Å². The van der Waals surface area contributed by atoms with Crippen molar-refractivity contribution in [2.24, 2.45) is 0 Å². The zero-order valence-electron chi connectivity index (χ0n) is 10.6. The van der Waals surface area contributed by atoms with Crippen molar-refractivity contribution >= 4 is 5.91 Å². The first-order chi connectivity index (χ1) is 8.79. The zero-order chi connectivity index (χ0) is 12.8. The molecule has 1 aromatic heterocycles. The highest BCUT2D eigenvalue weighted by molar-refractivity contribution is 5.76. The average Bonchev–Trinajstić information content (AvgIpc) is 2.91. The average molecular weight is 252 g/mol. The number of carbonyl (C=O) groups is 1. The molecule has 0 saturated carbocycles. The van der Waals surface area contributed by atoms with Gasteiger partial charge >= 0.3 is 0 Å². The van der Waals surface area contributed by atoms with Gasteiger partial charge in [0.25, 0.3) is 0 Å². The number of morpholine rings is 1. The molecule has 1 aliphatic heterocycles. The van der Waals surface area contributed by atoms with Gasteiger partial charge in [0.05, 0.1) is 25.2 Å². The van der Waals surface area contributed by atoms with Crippen LogP contribution in [0.5, 0.6) is 0 Å². The summed E-state index contributed by atoms with van der Waals surface area (Å²) in [5.41, 5.74) is 0. The van der Waals surface area contributed by atoms with Crippen molar-refractivity contribution in [2.75, 3.05) is 19.7 Å². The second-order valence-electron chi connectivity index (χ2n) is 4.40. The lowest BCUT2D eigenvalue weighted by Crippen LogP contribution is -2.42. The molecule has 0 radical (unpaired) electrons. The molecule has 6 heteroatoms. The molecule has 100 valence electrons. The number of nitrogens with zero attached hydrogens (tertiary/aromatic N) is 1. The van der Waals surface area contributed by atoms with Crippen LogP contribution in [0.3, 0.4) is 0 Å². The molecule has 1 aromatic rings. The predicted octanol–water partition coefficient (Wildman–Crippen LogP) is 0.356. The number of rotatable bonds is 5. The smallest absolute Gasteiger partial charge is 0.223 e. The van der Waals surface area contributed by atoms with E-state index in [2.05, 4.69) is 20.6 Å². The van der Waals surface area contributed by atoms with Crippen LogP contribution < -0.4 is 10.6 Å². The summed E-state index contributed by atoms with van der Waals surface area (Å²) in [5.74, 6) is 0.806. The first-order valence-electron chi connectivity index (χ1n) is 6.40. The fraction of sp³-hybridized carbons (Fsp3) is 0.667. The molecule has 1 fully saturated rings. The summed E-state index contributed by atoms with van der Waals surface area (Å²) in [4.78, 5) is 19.1. The summed E-state index contributed by atoms with van der Waals surface area (Å²) in [7, 11) is 0. The van der Waals surface area contributed by atoms with Crippen LogP contribution in [-0.4, -0.2) is 41.7 Å². The quantitative estimate of drug-likeness (QED) is 0.707.